The van der Waals surface area contributed by atoms with E-state index in [4.69, 9.17) is 4.74 Å². The molecule has 2 amide bonds. The monoisotopic (exact) mass is 326 g/mol. The first-order valence-electron chi connectivity index (χ1n) is 8.85. The molecule has 0 bridgehead atoms. The van der Waals surface area contributed by atoms with Gasteiger partial charge in [-0.2, -0.15) is 0 Å². The van der Waals surface area contributed by atoms with Gasteiger partial charge in [0.05, 0.1) is 5.41 Å². The summed E-state index contributed by atoms with van der Waals surface area (Å²) in [5.74, 6) is -0.788. The van der Waals surface area contributed by atoms with Crippen LogP contribution in [-0.4, -0.2) is 54.9 Å². The number of ether oxygens (including phenoxy) is 1. The fourth-order valence-electron chi connectivity index (χ4n) is 3.86. The smallest absolute Gasteiger partial charge is 0.317 e. The highest BCUT2D eigenvalue weighted by atomic mass is 16.5. The highest BCUT2D eigenvalue weighted by molar-refractivity contribution is 5.79. The van der Waals surface area contributed by atoms with Gasteiger partial charge in [-0.05, 0) is 38.5 Å². The van der Waals surface area contributed by atoms with Crippen molar-refractivity contribution >= 4 is 12.0 Å². The number of urea groups is 1. The zero-order chi connectivity index (χ0) is 16.7. The third kappa shape index (κ3) is 4.83. The predicted octanol–water partition coefficient (Wildman–Crippen LogP) is 2.62. The number of carboxylic acid groups (broad SMARTS) is 1. The van der Waals surface area contributed by atoms with Crippen LogP contribution in [0.4, 0.5) is 4.79 Å². The summed E-state index contributed by atoms with van der Waals surface area (Å²) in [5.41, 5.74) is -0.819. The summed E-state index contributed by atoms with van der Waals surface area (Å²) in [6.07, 6.45) is 8.32. The number of carbonyl (C=O) groups excluding carboxylic acids is 1. The Hall–Kier alpha value is -1.30. The number of nitrogens with one attached hydrogen (secondary N) is 1. The Morgan fingerprint density at radius 2 is 2.00 bits per heavy atom. The summed E-state index contributed by atoms with van der Waals surface area (Å²) < 4.78 is 5.05. The molecule has 2 aliphatic rings. The van der Waals surface area contributed by atoms with Gasteiger partial charge < -0.3 is 20.1 Å². The topological polar surface area (TPSA) is 78.9 Å². The molecule has 2 fully saturated rings. The second kappa shape index (κ2) is 8.52. The summed E-state index contributed by atoms with van der Waals surface area (Å²) in [4.78, 5) is 26.0. The maximum atomic E-state index is 12.5. The van der Waals surface area contributed by atoms with Gasteiger partial charge in [-0.3, -0.25) is 4.79 Å². The molecule has 6 nitrogen and oxygen atoms in total. The number of methoxy groups -OCH3 is 1. The molecular formula is C17H30N2O4. The summed E-state index contributed by atoms with van der Waals surface area (Å²) in [5, 5.41) is 12.8. The predicted molar refractivity (Wildman–Crippen MR) is 87.4 cm³/mol. The summed E-state index contributed by atoms with van der Waals surface area (Å²) in [6, 6.07) is 0.167. The first-order valence-corrected chi connectivity index (χ1v) is 8.85. The Morgan fingerprint density at radius 3 is 2.65 bits per heavy atom. The van der Waals surface area contributed by atoms with Gasteiger partial charge in [0.15, 0.2) is 0 Å². The van der Waals surface area contributed by atoms with Crippen molar-refractivity contribution in [2.24, 2.45) is 5.41 Å². The van der Waals surface area contributed by atoms with Crippen molar-refractivity contribution in [2.75, 3.05) is 26.8 Å². The van der Waals surface area contributed by atoms with Crippen molar-refractivity contribution < 1.29 is 19.4 Å². The van der Waals surface area contributed by atoms with Gasteiger partial charge in [0, 0.05) is 32.8 Å². The minimum absolute atomic E-state index is 0.0889. The van der Waals surface area contributed by atoms with E-state index in [1.807, 2.05) is 0 Å². The lowest BCUT2D eigenvalue weighted by Crippen LogP contribution is -2.54. The van der Waals surface area contributed by atoms with Gasteiger partial charge >= 0.3 is 12.0 Å². The Labute approximate surface area is 138 Å². The highest BCUT2D eigenvalue weighted by Gasteiger charge is 2.43. The van der Waals surface area contributed by atoms with E-state index in [2.05, 4.69) is 5.32 Å². The molecule has 1 saturated carbocycles. The molecule has 2 N–H and O–H groups in total. The molecule has 0 spiro atoms. The summed E-state index contributed by atoms with van der Waals surface area (Å²) in [6.45, 7) is 1.52. The molecule has 132 valence electrons. The van der Waals surface area contributed by atoms with E-state index in [1.54, 1.807) is 12.0 Å². The number of likely N-dealkylation sites (tertiary alicyclic amines) is 1. The number of carboxylic acids is 1. The normalized spacial score (nSPS) is 26.0. The molecule has 0 aromatic carbocycles. The van der Waals surface area contributed by atoms with Gasteiger partial charge in [-0.1, -0.05) is 19.3 Å². The van der Waals surface area contributed by atoms with Crippen molar-refractivity contribution in [1.29, 1.82) is 0 Å². The third-order valence-corrected chi connectivity index (χ3v) is 5.25. The molecule has 0 aromatic rings. The average molecular weight is 326 g/mol. The molecule has 1 aliphatic heterocycles. The second-order valence-corrected chi connectivity index (χ2v) is 6.99. The zero-order valence-electron chi connectivity index (χ0n) is 14.2. The average Bonchev–Trinajstić information content (AvgIpc) is 2.56. The van der Waals surface area contributed by atoms with Crippen LogP contribution in [-0.2, 0) is 9.53 Å². The van der Waals surface area contributed by atoms with Crippen LogP contribution in [0, 0.1) is 5.41 Å². The van der Waals surface area contributed by atoms with Crippen molar-refractivity contribution in [3.8, 4) is 0 Å². The number of rotatable bonds is 6. The molecule has 1 saturated heterocycles. The van der Waals surface area contributed by atoms with E-state index in [9.17, 15) is 14.7 Å². The Kier molecular flexibility index (Phi) is 6.69. The molecule has 0 radical (unpaired) electrons. The summed E-state index contributed by atoms with van der Waals surface area (Å²) >= 11 is 0. The van der Waals surface area contributed by atoms with Crippen LogP contribution in [0.2, 0.25) is 0 Å². The number of piperidine rings is 1. The summed E-state index contributed by atoms with van der Waals surface area (Å²) in [7, 11) is 1.62. The van der Waals surface area contributed by atoms with Crippen LogP contribution in [0.25, 0.3) is 0 Å². The van der Waals surface area contributed by atoms with Crippen molar-refractivity contribution in [3.63, 3.8) is 0 Å². The molecule has 23 heavy (non-hydrogen) atoms. The van der Waals surface area contributed by atoms with Gasteiger partial charge in [0.2, 0.25) is 0 Å². The van der Waals surface area contributed by atoms with Crippen LogP contribution >= 0.6 is 0 Å². The lowest BCUT2D eigenvalue weighted by atomic mass is 9.76. The Balaban J connectivity index is 1.93. The molecule has 1 unspecified atom stereocenters. The van der Waals surface area contributed by atoms with E-state index in [1.165, 1.54) is 19.3 Å². The van der Waals surface area contributed by atoms with Crippen molar-refractivity contribution in [1.82, 2.24) is 10.2 Å². The zero-order valence-corrected chi connectivity index (χ0v) is 14.2. The van der Waals surface area contributed by atoms with Crippen LogP contribution < -0.4 is 5.32 Å². The van der Waals surface area contributed by atoms with Gasteiger partial charge in [0.1, 0.15) is 0 Å². The molecule has 1 atom stereocenters. The first-order chi connectivity index (χ1) is 11.1. The number of hydrogen-bond donors (Lipinski definition) is 2. The van der Waals surface area contributed by atoms with Gasteiger partial charge in [0.25, 0.3) is 0 Å². The van der Waals surface area contributed by atoms with E-state index < -0.39 is 11.4 Å². The van der Waals surface area contributed by atoms with E-state index >= 15 is 0 Å². The van der Waals surface area contributed by atoms with Crippen molar-refractivity contribution in [3.05, 3.63) is 0 Å². The van der Waals surface area contributed by atoms with Crippen molar-refractivity contribution in [2.45, 2.75) is 63.8 Å². The molecule has 1 heterocycles. The minimum atomic E-state index is -0.819. The van der Waals surface area contributed by atoms with Gasteiger partial charge in [-0.25, -0.2) is 4.79 Å². The van der Waals surface area contributed by atoms with Crippen LogP contribution in [0.15, 0.2) is 0 Å². The quantitative estimate of drug-likeness (QED) is 0.736. The molecule has 0 aromatic heterocycles. The minimum Gasteiger partial charge on any atom is -0.481 e. The van der Waals surface area contributed by atoms with Gasteiger partial charge in [-0.15, -0.1) is 0 Å². The Bertz CT molecular complexity index is 409. The van der Waals surface area contributed by atoms with Crippen LogP contribution in [0.3, 0.4) is 0 Å². The van der Waals surface area contributed by atoms with Crippen LogP contribution in [0.5, 0.6) is 0 Å². The Morgan fingerprint density at radius 1 is 1.26 bits per heavy atom. The molecular weight excluding hydrogens is 296 g/mol. The maximum Gasteiger partial charge on any atom is 0.317 e. The largest absolute Gasteiger partial charge is 0.481 e. The van der Waals surface area contributed by atoms with Crippen LogP contribution in [0.1, 0.15) is 57.8 Å². The molecule has 2 rings (SSSR count). The fourth-order valence-corrected chi connectivity index (χ4v) is 3.86. The van der Waals surface area contributed by atoms with E-state index in [-0.39, 0.29) is 12.1 Å². The number of hydrogen-bond acceptors (Lipinski definition) is 3. The lowest BCUT2D eigenvalue weighted by Gasteiger charge is -2.40. The number of carbonyl (C=O) groups is 2. The number of nitrogens with zero attached hydrogens (tertiary/aromatic N) is 1. The highest BCUT2D eigenvalue weighted by Crippen LogP contribution is 2.35. The maximum absolute atomic E-state index is 12.5. The SMILES string of the molecule is COCCCC1(C(=O)O)CCCN(C(=O)NC2CCCCC2)C1. The standard InChI is InChI=1S/C17H30N2O4/c1-23-12-6-10-17(15(20)21)9-5-11-19(13-17)16(22)18-14-7-3-2-4-8-14/h14H,2-13H2,1H3,(H,18,22)(H,20,21). The first kappa shape index (κ1) is 18.0. The van der Waals surface area contributed by atoms with E-state index in [0.717, 1.165) is 19.3 Å². The second-order valence-electron chi connectivity index (χ2n) is 6.99. The lowest BCUT2D eigenvalue weighted by molar-refractivity contribution is -0.152. The fraction of sp³-hybridized carbons (Fsp3) is 0.882. The molecule has 6 heteroatoms. The third-order valence-electron chi connectivity index (χ3n) is 5.25. The van der Waals surface area contributed by atoms with E-state index in [0.29, 0.717) is 39.0 Å². The number of aliphatic carboxylic acids is 1. The molecule has 1 aliphatic carbocycles. The number of amides is 2.